The molecular weight excluding hydrogens is 697 g/mol. The van der Waals surface area contributed by atoms with Gasteiger partial charge in [-0.1, -0.05) is 60.7 Å². The molecule has 2 aromatic carbocycles. The maximum absolute atomic E-state index is 15.4. The zero-order valence-electron chi connectivity index (χ0n) is 27.7. The van der Waals surface area contributed by atoms with Crippen LogP contribution < -0.4 is 22.7 Å². The zero-order valence-corrected chi connectivity index (χ0v) is 28.6. The van der Waals surface area contributed by atoms with Crippen LogP contribution in [0.5, 0.6) is 0 Å². The lowest BCUT2D eigenvalue weighted by Crippen LogP contribution is -2.33. The third-order valence-corrected chi connectivity index (χ3v) is 10.9. The van der Waals surface area contributed by atoms with Crippen LogP contribution in [0, 0.1) is 0 Å². The number of benzene rings is 2. The van der Waals surface area contributed by atoms with E-state index in [9.17, 15) is 19.8 Å². The molecule has 2 fully saturated rings. The molecule has 2 aliphatic rings. The molecule has 0 spiro atoms. The highest BCUT2D eigenvalue weighted by Gasteiger charge is 2.46. The summed E-state index contributed by atoms with van der Waals surface area (Å²) < 4.78 is 44.4. The molecule has 2 saturated heterocycles. The number of ether oxygens (including phenoxy) is 2. The number of hydrogen-bond acceptors (Lipinski definition) is 14. The van der Waals surface area contributed by atoms with Gasteiger partial charge in [-0.25, -0.2) is 14.3 Å². The van der Waals surface area contributed by atoms with Gasteiger partial charge in [-0.15, -0.1) is 0 Å². The minimum Gasteiger partial charge on any atom is -0.394 e. The minimum atomic E-state index is -4.37. The lowest BCUT2D eigenvalue weighted by molar-refractivity contribution is -0.0552. The van der Waals surface area contributed by atoms with E-state index >= 15 is 4.57 Å². The Labute approximate surface area is 296 Å². The Bertz CT molecular complexity index is 2130. The first-order chi connectivity index (χ1) is 25.1. The Morgan fingerprint density at radius 1 is 0.923 bits per heavy atom. The molecule has 7 atom stereocenters. The van der Waals surface area contributed by atoms with E-state index < -0.39 is 62.5 Å². The molecule has 52 heavy (non-hydrogen) atoms. The van der Waals surface area contributed by atoms with Crippen molar-refractivity contribution in [3.8, 4) is 0 Å². The number of rotatable bonds is 13. The number of aliphatic hydroxyl groups excluding tert-OH is 2. The summed E-state index contributed by atoms with van der Waals surface area (Å²) in [5, 5.41) is 21.4. The van der Waals surface area contributed by atoms with Crippen LogP contribution in [0.3, 0.4) is 0 Å². The molecule has 5 aromatic rings. The van der Waals surface area contributed by atoms with Gasteiger partial charge in [0.25, 0.3) is 5.56 Å². The van der Waals surface area contributed by atoms with Gasteiger partial charge in [0.05, 0.1) is 25.6 Å². The maximum atomic E-state index is 15.4. The molecule has 0 aliphatic carbocycles. The van der Waals surface area contributed by atoms with Crippen molar-refractivity contribution in [3.63, 3.8) is 0 Å². The predicted octanol–water partition coefficient (Wildman–Crippen LogP) is 1.68. The summed E-state index contributed by atoms with van der Waals surface area (Å²) in [6, 6.07) is 20.1. The van der Waals surface area contributed by atoms with Gasteiger partial charge >= 0.3 is 13.4 Å². The SMILES string of the molecule is Nc1ccn([C@H]2C[C@@H](OP(=O)(OC[C@H]3O[C@@H](n4cnc5c(=O)[nH]c(N)nc54)C[C@H]3O)N(Cc3ccccc3)Cc3ccccc3)[C@@H](CO)O2)c(=O)n1. The van der Waals surface area contributed by atoms with E-state index in [2.05, 4.69) is 19.9 Å². The molecule has 274 valence electrons. The van der Waals surface area contributed by atoms with Gasteiger partial charge in [0.15, 0.2) is 11.2 Å². The number of nitrogen functional groups attached to an aromatic ring is 2. The second-order valence-corrected chi connectivity index (χ2v) is 14.5. The molecule has 0 bridgehead atoms. The zero-order chi connectivity index (χ0) is 36.4. The molecule has 18 nitrogen and oxygen atoms in total. The van der Waals surface area contributed by atoms with Crippen LogP contribution in [0.25, 0.3) is 11.2 Å². The van der Waals surface area contributed by atoms with E-state index in [0.717, 1.165) is 11.1 Å². The van der Waals surface area contributed by atoms with Crippen molar-refractivity contribution >= 4 is 30.7 Å². The highest BCUT2D eigenvalue weighted by Crippen LogP contribution is 2.57. The summed E-state index contributed by atoms with van der Waals surface area (Å²) in [5.41, 5.74) is 12.1. The first-order valence-corrected chi connectivity index (χ1v) is 18.0. The Kier molecular flexibility index (Phi) is 10.3. The van der Waals surface area contributed by atoms with Crippen molar-refractivity contribution in [2.75, 3.05) is 24.7 Å². The van der Waals surface area contributed by atoms with E-state index in [0.29, 0.717) is 0 Å². The van der Waals surface area contributed by atoms with Crippen LogP contribution in [0.1, 0.15) is 36.4 Å². The fourth-order valence-corrected chi connectivity index (χ4v) is 8.25. The average Bonchev–Trinajstić information content (AvgIpc) is 3.84. The van der Waals surface area contributed by atoms with Crippen molar-refractivity contribution in [1.82, 2.24) is 33.7 Å². The van der Waals surface area contributed by atoms with Crippen molar-refractivity contribution in [2.45, 2.75) is 62.8 Å². The fourth-order valence-electron chi connectivity index (χ4n) is 6.32. The molecule has 7 rings (SSSR count). The van der Waals surface area contributed by atoms with Crippen LogP contribution in [0.4, 0.5) is 11.8 Å². The van der Waals surface area contributed by atoms with E-state index in [4.69, 9.17) is 30.0 Å². The summed E-state index contributed by atoms with van der Waals surface area (Å²) in [6.07, 6.45) is -2.89. The number of aliphatic hydroxyl groups is 2. The van der Waals surface area contributed by atoms with Gasteiger partial charge in [-0.3, -0.25) is 28.0 Å². The van der Waals surface area contributed by atoms with Crippen LogP contribution in [0.2, 0.25) is 0 Å². The van der Waals surface area contributed by atoms with Crippen LogP contribution in [-0.2, 0) is 36.2 Å². The number of nitrogens with zero attached hydrogens (tertiary/aromatic N) is 6. The summed E-state index contributed by atoms with van der Waals surface area (Å²) >= 11 is 0. The average molecular weight is 736 g/mol. The third-order valence-electron chi connectivity index (χ3n) is 8.92. The van der Waals surface area contributed by atoms with Gasteiger partial charge in [0.1, 0.15) is 36.6 Å². The maximum Gasteiger partial charge on any atom is 0.409 e. The van der Waals surface area contributed by atoms with E-state index in [1.807, 2.05) is 60.7 Å². The van der Waals surface area contributed by atoms with Crippen molar-refractivity contribution in [3.05, 3.63) is 111 Å². The number of aromatic amines is 1. The smallest absolute Gasteiger partial charge is 0.394 e. The summed E-state index contributed by atoms with van der Waals surface area (Å²) in [5.74, 6) is -0.0699. The molecule has 3 aromatic heterocycles. The molecular formula is C33H38N9O9P. The van der Waals surface area contributed by atoms with E-state index in [1.165, 1.54) is 27.7 Å². The topological polar surface area (TPSA) is 248 Å². The Hall–Kier alpha value is -4.78. The van der Waals surface area contributed by atoms with Gasteiger partial charge in [0, 0.05) is 32.1 Å². The number of imidazole rings is 1. The van der Waals surface area contributed by atoms with E-state index in [-0.39, 0.29) is 55.5 Å². The molecule has 0 amide bonds. The van der Waals surface area contributed by atoms with Gasteiger partial charge in [-0.2, -0.15) is 14.6 Å². The Morgan fingerprint density at radius 3 is 2.23 bits per heavy atom. The van der Waals surface area contributed by atoms with Crippen molar-refractivity contribution < 1.29 is 33.3 Å². The molecule has 0 saturated carbocycles. The van der Waals surface area contributed by atoms with Crippen LogP contribution >= 0.6 is 7.75 Å². The number of anilines is 2. The first-order valence-electron chi connectivity index (χ1n) is 16.5. The van der Waals surface area contributed by atoms with Gasteiger partial charge in [0.2, 0.25) is 5.95 Å². The number of hydrogen-bond donors (Lipinski definition) is 5. The molecule has 0 radical (unpaired) electrons. The lowest BCUT2D eigenvalue weighted by Gasteiger charge is -2.33. The number of H-pyrrole nitrogens is 1. The third kappa shape index (κ3) is 7.55. The predicted molar refractivity (Wildman–Crippen MR) is 186 cm³/mol. The first kappa shape index (κ1) is 35.6. The Balaban J connectivity index is 1.18. The van der Waals surface area contributed by atoms with Crippen LogP contribution in [-0.4, -0.2) is 81.6 Å². The largest absolute Gasteiger partial charge is 0.409 e. The second kappa shape index (κ2) is 15.1. The monoisotopic (exact) mass is 735 g/mol. The molecule has 2 aliphatic heterocycles. The van der Waals surface area contributed by atoms with E-state index in [1.54, 1.807) is 4.67 Å². The molecule has 7 N–H and O–H groups in total. The number of fused-ring (bicyclic) bond motifs is 1. The minimum absolute atomic E-state index is 0.0161. The number of aromatic nitrogens is 6. The van der Waals surface area contributed by atoms with Crippen LogP contribution in [0.15, 0.2) is 88.8 Å². The highest BCUT2D eigenvalue weighted by atomic mass is 31.2. The Morgan fingerprint density at radius 2 is 1.58 bits per heavy atom. The summed E-state index contributed by atoms with van der Waals surface area (Å²) in [7, 11) is -4.37. The summed E-state index contributed by atoms with van der Waals surface area (Å²) in [4.78, 5) is 39.5. The van der Waals surface area contributed by atoms with Gasteiger partial charge < -0.3 is 31.2 Å². The normalized spacial score (nSPS) is 24.4. The van der Waals surface area contributed by atoms with Crippen molar-refractivity contribution in [1.29, 1.82) is 0 Å². The molecule has 1 unspecified atom stereocenters. The number of nitrogens with one attached hydrogen (secondary N) is 1. The molecule has 5 heterocycles. The van der Waals surface area contributed by atoms with Crippen molar-refractivity contribution in [2.24, 2.45) is 0 Å². The second-order valence-electron chi connectivity index (χ2n) is 12.5. The fraction of sp³-hybridized carbons (Fsp3) is 0.364. The standard InChI is InChI=1S/C33H38N9O9P/c34-26-11-12-41(33(46)37-26)28-14-23(24(17-43)49-28)51-52(47,40(15-20-7-3-1-4-8-20)16-21-9-5-2-6-10-21)48-18-25-22(44)13-27(50-25)42-19-36-29-30(42)38-32(35)39-31(29)45/h1-12,19,22-25,27-28,43-44H,13-18H2,(H2,34,37,46)(H3,35,38,39,45)/t22-,23-,24-,25-,27-,28-,52?/m1/s1. The summed E-state index contributed by atoms with van der Waals surface area (Å²) in [6.45, 7) is -0.620. The van der Waals surface area contributed by atoms with Gasteiger partial charge in [-0.05, 0) is 17.2 Å². The number of nitrogens with two attached hydrogens (primary N) is 2. The lowest BCUT2D eigenvalue weighted by atomic mass is 10.2. The quantitative estimate of drug-likeness (QED) is 0.108. The molecule has 19 heteroatoms. The highest BCUT2D eigenvalue weighted by molar-refractivity contribution is 7.51.